The topological polar surface area (TPSA) is 57.6 Å². The molecule has 0 aliphatic heterocycles. The number of aryl methyl sites for hydroxylation is 1. The van der Waals surface area contributed by atoms with E-state index in [0.717, 1.165) is 5.56 Å². The molecule has 0 aromatic carbocycles. The number of rotatable bonds is 4. The molecule has 4 nitrogen and oxygen atoms in total. The van der Waals surface area contributed by atoms with Crippen molar-refractivity contribution in [3.05, 3.63) is 21.9 Å². The summed E-state index contributed by atoms with van der Waals surface area (Å²) < 4.78 is 0. The monoisotopic (exact) mass is 241 g/mol. The fraction of sp³-hybridized carbons (Fsp3) is 0.455. The zero-order chi connectivity index (χ0) is 12.3. The van der Waals surface area contributed by atoms with Crippen LogP contribution in [0.3, 0.4) is 0 Å². The van der Waals surface area contributed by atoms with Crippen LogP contribution in [0.5, 0.6) is 0 Å². The van der Waals surface area contributed by atoms with Crippen LogP contribution in [0, 0.1) is 6.92 Å². The predicted molar refractivity (Wildman–Crippen MR) is 62.9 cm³/mol. The van der Waals surface area contributed by atoms with Crippen LogP contribution in [-0.4, -0.2) is 35.0 Å². The number of carboxylic acids is 1. The van der Waals surface area contributed by atoms with Gasteiger partial charge < -0.3 is 10.0 Å². The Hall–Kier alpha value is -1.36. The van der Waals surface area contributed by atoms with Crippen molar-refractivity contribution in [2.75, 3.05) is 7.05 Å². The Bertz CT molecular complexity index is 400. The molecule has 0 saturated carbocycles. The highest BCUT2D eigenvalue weighted by Gasteiger charge is 2.20. The summed E-state index contributed by atoms with van der Waals surface area (Å²) in [6, 6.07) is 1.52. The number of nitrogens with zero attached hydrogens (tertiary/aromatic N) is 1. The molecule has 1 atom stereocenters. The van der Waals surface area contributed by atoms with Crippen molar-refractivity contribution in [2.24, 2.45) is 0 Å². The van der Waals surface area contributed by atoms with Crippen molar-refractivity contribution in [2.45, 2.75) is 26.3 Å². The third kappa shape index (κ3) is 3.06. The highest BCUT2D eigenvalue weighted by Crippen LogP contribution is 2.17. The average Bonchev–Trinajstić information content (AvgIpc) is 2.61. The lowest BCUT2D eigenvalue weighted by Gasteiger charge is -2.22. The molecule has 16 heavy (non-hydrogen) atoms. The molecule has 1 heterocycles. The van der Waals surface area contributed by atoms with Gasteiger partial charge in [-0.2, -0.15) is 0 Å². The second-order valence-corrected chi connectivity index (χ2v) is 4.76. The maximum Gasteiger partial charge on any atom is 0.305 e. The summed E-state index contributed by atoms with van der Waals surface area (Å²) in [7, 11) is 1.63. The fourth-order valence-corrected chi connectivity index (χ4v) is 2.19. The number of carbonyl (C=O) groups excluding carboxylic acids is 1. The van der Waals surface area contributed by atoms with E-state index in [4.69, 9.17) is 5.11 Å². The third-order valence-electron chi connectivity index (χ3n) is 2.39. The van der Waals surface area contributed by atoms with Crippen LogP contribution in [0.25, 0.3) is 0 Å². The van der Waals surface area contributed by atoms with Crippen molar-refractivity contribution in [3.63, 3.8) is 0 Å². The molecule has 0 saturated heterocycles. The summed E-state index contributed by atoms with van der Waals surface area (Å²) >= 11 is 1.38. The number of carboxylic acid groups (broad SMARTS) is 1. The van der Waals surface area contributed by atoms with Gasteiger partial charge in [-0.3, -0.25) is 9.59 Å². The molecule has 0 aliphatic rings. The number of hydrogen-bond donors (Lipinski definition) is 1. The highest BCUT2D eigenvalue weighted by atomic mass is 32.1. The van der Waals surface area contributed by atoms with Crippen molar-refractivity contribution >= 4 is 23.2 Å². The Morgan fingerprint density at radius 1 is 1.56 bits per heavy atom. The van der Waals surface area contributed by atoms with Crippen LogP contribution in [0.2, 0.25) is 0 Å². The molecule has 1 rings (SSSR count). The van der Waals surface area contributed by atoms with E-state index in [1.165, 1.54) is 16.2 Å². The first-order valence-electron chi connectivity index (χ1n) is 4.96. The van der Waals surface area contributed by atoms with Crippen LogP contribution in [0.1, 0.15) is 28.6 Å². The minimum absolute atomic E-state index is 0.0351. The zero-order valence-electron chi connectivity index (χ0n) is 9.56. The first-order chi connectivity index (χ1) is 7.41. The Kier molecular flexibility index (Phi) is 4.06. The highest BCUT2D eigenvalue weighted by molar-refractivity contribution is 7.12. The molecular weight excluding hydrogens is 226 g/mol. The van der Waals surface area contributed by atoms with Crippen LogP contribution >= 0.6 is 11.3 Å². The number of amides is 1. The first kappa shape index (κ1) is 12.7. The molecule has 88 valence electrons. The average molecular weight is 241 g/mol. The summed E-state index contributed by atoms with van der Waals surface area (Å²) in [4.78, 5) is 24.6. The molecule has 0 fully saturated rings. The van der Waals surface area contributed by atoms with E-state index in [1.807, 2.05) is 18.4 Å². The molecule has 1 aromatic rings. The van der Waals surface area contributed by atoms with E-state index in [9.17, 15) is 9.59 Å². The molecule has 0 aliphatic carbocycles. The summed E-state index contributed by atoms with van der Waals surface area (Å²) in [5.41, 5.74) is 1.05. The van der Waals surface area contributed by atoms with Crippen molar-refractivity contribution in [3.8, 4) is 0 Å². The van der Waals surface area contributed by atoms with E-state index >= 15 is 0 Å². The van der Waals surface area contributed by atoms with Crippen molar-refractivity contribution < 1.29 is 14.7 Å². The van der Waals surface area contributed by atoms with Crippen LogP contribution in [-0.2, 0) is 4.79 Å². The maximum absolute atomic E-state index is 11.9. The van der Waals surface area contributed by atoms with Crippen LogP contribution in [0.15, 0.2) is 11.4 Å². The van der Waals surface area contributed by atoms with Gasteiger partial charge in [0, 0.05) is 13.1 Å². The first-order valence-corrected chi connectivity index (χ1v) is 5.84. The largest absolute Gasteiger partial charge is 0.481 e. The molecule has 0 bridgehead atoms. The second-order valence-electron chi connectivity index (χ2n) is 3.85. The Balaban J connectivity index is 2.70. The molecule has 1 unspecified atom stereocenters. The molecule has 5 heteroatoms. The maximum atomic E-state index is 11.9. The lowest BCUT2D eigenvalue weighted by Crippen LogP contribution is -2.36. The smallest absolute Gasteiger partial charge is 0.305 e. The second kappa shape index (κ2) is 5.12. The number of hydrogen-bond acceptors (Lipinski definition) is 3. The minimum atomic E-state index is -0.894. The van der Waals surface area contributed by atoms with E-state index in [0.29, 0.717) is 4.88 Å². The molecule has 1 N–H and O–H groups in total. The summed E-state index contributed by atoms with van der Waals surface area (Å²) in [6.07, 6.45) is -0.0351. The zero-order valence-corrected chi connectivity index (χ0v) is 10.4. The Labute approximate surface area is 98.5 Å². The van der Waals surface area contributed by atoms with Crippen LogP contribution in [0.4, 0.5) is 0 Å². The van der Waals surface area contributed by atoms with E-state index in [1.54, 1.807) is 14.0 Å². The number of carbonyl (C=O) groups is 2. The van der Waals surface area contributed by atoms with Gasteiger partial charge in [-0.05, 0) is 30.9 Å². The van der Waals surface area contributed by atoms with Crippen LogP contribution < -0.4 is 0 Å². The number of thiophene rings is 1. The van der Waals surface area contributed by atoms with E-state index in [2.05, 4.69) is 0 Å². The number of aliphatic carboxylic acids is 1. The summed E-state index contributed by atoms with van der Waals surface area (Å²) in [6.45, 7) is 3.65. The Morgan fingerprint density at radius 3 is 2.62 bits per heavy atom. The Morgan fingerprint density at radius 2 is 2.19 bits per heavy atom. The van der Waals surface area contributed by atoms with Gasteiger partial charge in [0.25, 0.3) is 5.91 Å². The third-order valence-corrected chi connectivity index (χ3v) is 3.43. The quantitative estimate of drug-likeness (QED) is 0.877. The normalized spacial score (nSPS) is 12.2. The summed E-state index contributed by atoms with van der Waals surface area (Å²) in [5, 5.41) is 10.6. The van der Waals surface area contributed by atoms with Gasteiger partial charge in [0.05, 0.1) is 11.3 Å². The molecule has 1 aromatic heterocycles. The predicted octanol–water partition coefficient (Wildman–Crippen LogP) is 1.99. The van der Waals surface area contributed by atoms with Crippen molar-refractivity contribution in [1.29, 1.82) is 0 Å². The molecular formula is C11H15NO3S. The molecule has 0 spiro atoms. The van der Waals surface area contributed by atoms with Gasteiger partial charge in [0.1, 0.15) is 0 Å². The SMILES string of the molecule is Cc1csc(C(=O)N(C)C(C)CC(=O)O)c1. The minimum Gasteiger partial charge on any atom is -0.481 e. The van der Waals surface area contributed by atoms with Crippen molar-refractivity contribution in [1.82, 2.24) is 4.90 Å². The lowest BCUT2D eigenvalue weighted by molar-refractivity contribution is -0.137. The fourth-order valence-electron chi connectivity index (χ4n) is 1.31. The van der Waals surface area contributed by atoms with Gasteiger partial charge >= 0.3 is 5.97 Å². The van der Waals surface area contributed by atoms with Gasteiger partial charge in [-0.25, -0.2) is 0 Å². The van der Waals surface area contributed by atoms with E-state index in [-0.39, 0.29) is 18.4 Å². The lowest BCUT2D eigenvalue weighted by atomic mass is 10.2. The molecule has 1 amide bonds. The van der Waals surface area contributed by atoms with Gasteiger partial charge in [0.2, 0.25) is 0 Å². The summed E-state index contributed by atoms with van der Waals surface area (Å²) in [5.74, 6) is -1.01. The molecule has 0 radical (unpaired) electrons. The van der Waals surface area contributed by atoms with Gasteiger partial charge in [-0.1, -0.05) is 0 Å². The van der Waals surface area contributed by atoms with Gasteiger partial charge in [0.15, 0.2) is 0 Å². The van der Waals surface area contributed by atoms with E-state index < -0.39 is 5.97 Å². The van der Waals surface area contributed by atoms with Gasteiger partial charge in [-0.15, -0.1) is 11.3 Å². The standard InChI is InChI=1S/C11H15NO3S/c1-7-4-9(16-6-7)11(15)12(3)8(2)5-10(13)14/h4,6,8H,5H2,1-3H3,(H,13,14).